The van der Waals surface area contributed by atoms with Crippen LogP contribution in [0.5, 0.6) is 0 Å². The lowest BCUT2D eigenvalue weighted by atomic mass is 10.00. The van der Waals surface area contributed by atoms with E-state index in [9.17, 15) is 4.79 Å². The van der Waals surface area contributed by atoms with Gasteiger partial charge in [-0.25, -0.2) is 0 Å². The number of halogens is 3. The summed E-state index contributed by atoms with van der Waals surface area (Å²) in [7, 11) is 0. The quantitative estimate of drug-likeness (QED) is 0.0804. The van der Waals surface area contributed by atoms with Crippen LogP contribution in [0.15, 0.2) is 169 Å². The fourth-order valence-corrected chi connectivity index (χ4v) is 5.17. The van der Waals surface area contributed by atoms with E-state index in [0.717, 1.165) is 22.3 Å². The minimum Gasteiger partial charge on any atom is -0.410 e. The minimum absolute atomic E-state index is 0.0406. The zero-order chi connectivity index (χ0) is 32.7. The van der Waals surface area contributed by atoms with Gasteiger partial charge in [-0.05, 0) is 35.4 Å². The first-order valence-electron chi connectivity index (χ1n) is 14.3. The molecule has 0 spiro atoms. The SMILES string of the molecule is NC(c1ccccc1)c1ccccc1Cl.O/N=C(/c1ccccc1)c1ccccc1Cl.O=C(c1ccccc1)c1ccccc1Cl. The topological polar surface area (TPSA) is 75.7 Å². The summed E-state index contributed by atoms with van der Waals surface area (Å²) in [4.78, 5) is 12.0. The number of ketones is 1. The standard InChI is InChI=1S/C13H10ClNO.C13H12ClN.C13H9ClO/c14-12-9-5-4-8-11(12)13(15-16)10-6-2-1-3-7-10;2*14-12-9-5-4-8-11(12)13(15)10-6-2-1-3-7-10/h1-9,16H;1-9,13H,15H2;1-9H/b15-13-;;. The number of hydrogen-bond donors (Lipinski definition) is 2. The molecule has 3 N–H and O–H groups in total. The first kappa shape index (κ1) is 34.2. The molecular formula is C39H31Cl3N2O2. The van der Waals surface area contributed by atoms with Crippen LogP contribution in [0.25, 0.3) is 0 Å². The number of nitrogens with two attached hydrogens (primary N) is 1. The van der Waals surface area contributed by atoms with Gasteiger partial charge in [0.2, 0.25) is 0 Å². The molecule has 4 nitrogen and oxygen atoms in total. The van der Waals surface area contributed by atoms with Crippen LogP contribution in [0.2, 0.25) is 15.1 Å². The van der Waals surface area contributed by atoms with E-state index in [0.29, 0.717) is 31.9 Å². The molecule has 0 amide bonds. The number of benzene rings is 6. The number of oxime groups is 1. The van der Waals surface area contributed by atoms with Crippen molar-refractivity contribution in [1.29, 1.82) is 0 Å². The lowest BCUT2D eigenvalue weighted by Crippen LogP contribution is -2.11. The summed E-state index contributed by atoms with van der Waals surface area (Å²) < 4.78 is 0. The van der Waals surface area contributed by atoms with Crippen molar-refractivity contribution in [2.24, 2.45) is 10.9 Å². The van der Waals surface area contributed by atoms with Crippen molar-refractivity contribution >= 4 is 46.3 Å². The van der Waals surface area contributed by atoms with Crippen LogP contribution < -0.4 is 5.73 Å². The van der Waals surface area contributed by atoms with Gasteiger partial charge in [0.25, 0.3) is 0 Å². The Morgan fingerprint density at radius 2 is 0.935 bits per heavy atom. The van der Waals surface area contributed by atoms with Gasteiger partial charge in [0.15, 0.2) is 5.78 Å². The van der Waals surface area contributed by atoms with E-state index in [1.165, 1.54) is 0 Å². The highest BCUT2D eigenvalue weighted by Crippen LogP contribution is 2.26. The van der Waals surface area contributed by atoms with Crippen molar-refractivity contribution in [3.63, 3.8) is 0 Å². The summed E-state index contributed by atoms with van der Waals surface area (Å²) >= 11 is 18.1. The number of rotatable bonds is 6. The fourth-order valence-electron chi connectivity index (χ4n) is 4.47. The van der Waals surface area contributed by atoms with Gasteiger partial charge in [-0.2, -0.15) is 0 Å². The van der Waals surface area contributed by atoms with E-state index in [1.807, 2.05) is 133 Å². The van der Waals surface area contributed by atoms with E-state index in [4.69, 9.17) is 45.7 Å². The molecular weight excluding hydrogens is 635 g/mol. The Labute approximate surface area is 284 Å². The minimum atomic E-state index is -0.153. The van der Waals surface area contributed by atoms with Crippen LogP contribution in [0.3, 0.4) is 0 Å². The Morgan fingerprint density at radius 1 is 0.522 bits per heavy atom. The highest BCUT2D eigenvalue weighted by atomic mass is 35.5. The number of nitrogens with zero attached hydrogens (tertiary/aromatic N) is 1. The van der Waals surface area contributed by atoms with E-state index >= 15 is 0 Å². The summed E-state index contributed by atoms with van der Waals surface area (Å²) in [6.07, 6.45) is 0. The normalized spacial score (nSPS) is 11.3. The van der Waals surface area contributed by atoms with Crippen LogP contribution >= 0.6 is 34.8 Å². The molecule has 0 bridgehead atoms. The zero-order valence-electron chi connectivity index (χ0n) is 24.7. The molecule has 0 heterocycles. The van der Waals surface area contributed by atoms with Crippen LogP contribution in [-0.2, 0) is 0 Å². The second-order valence-electron chi connectivity index (χ2n) is 9.88. The van der Waals surface area contributed by atoms with Crippen LogP contribution in [0.4, 0.5) is 0 Å². The lowest BCUT2D eigenvalue weighted by Gasteiger charge is -2.13. The Kier molecular flexibility index (Phi) is 13.1. The lowest BCUT2D eigenvalue weighted by molar-refractivity contribution is 0.103. The Bertz CT molecular complexity index is 1870. The molecule has 0 aliphatic carbocycles. The summed E-state index contributed by atoms with van der Waals surface area (Å²) in [6.45, 7) is 0. The van der Waals surface area contributed by atoms with Crippen LogP contribution in [0, 0.1) is 0 Å². The number of hydrogen-bond acceptors (Lipinski definition) is 4. The summed E-state index contributed by atoms with van der Waals surface area (Å²) in [5.41, 5.74) is 11.4. The van der Waals surface area contributed by atoms with Gasteiger partial charge < -0.3 is 10.9 Å². The third-order valence-corrected chi connectivity index (χ3v) is 7.83. The van der Waals surface area contributed by atoms with Crippen molar-refractivity contribution in [1.82, 2.24) is 0 Å². The maximum atomic E-state index is 12.0. The average Bonchev–Trinajstić information content (AvgIpc) is 3.11. The van der Waals surface area contributed by atoms with Gasteiger partial charge in [-0.1, -0.05) is 179 Å². The second kappa shape index (κ2) is 17.7. The van der Waals surface area contributed by atoms with Gasteiger partial charge in [0.1, 0.15) is 5.71 Å². The highest BCUT2D eigenvalue weighted by Gasteiger charge is 2.12. The summed E-state index contributed by atoms with van der Waals surface area (Å²) in [5, 5.41) is 14.2. The smallest absolute Gasteiger partial charge is 0.194 e. The molecule has 0 aliphatic heterocycles. The Hall–Kier alpha value is -4.71. The third-order valence-electron chi connectivity index (χ3n) is 6.83. The second-order valence-corrected chi connectivity index (χ2v) is 11.1. The van der Waals surface area contributed by atoms with Crippen LogP contribution in [-0.4, -0.2) is 16.7 Å². The Balaban J connectivity index is 0.000000157. The van der Waals surface area contributed by atoms with E-state index in [2.05, 4.69) is 5.16 Å². The van der Waals surface area contributed by atoms with Gasteiger partial charge in [-0.15, -0.1) is 0 Å². The predicted molar refractivity (Wildman–Crippen MR) is 191 cm³/mol. The molecule has 1 unspecified atom stereocenters. The zero-order valence-corrected chi connectivity index (χ0v) is 26.9. The van der Waals surface area contributed by atoms with Gasteiger partial charge in [-0.3, -0.25) is 4.79 Å². The first-order valence-corrected chi connectivity index (χ1v) is 15.5. The molecule has 0 saturated carbocycles. The maximum absolute atomic E-state index is 12.0. The molecule has 46 heavy (non-hydrogen) atoms. The van der Waals surface area contributed by atoms with Crippen molar-refractivity contribution in [2.45, 2.75) is 6.04 Å². The van der Waals surface area contributed by atoms with E-state index < -0.39 is 0 Å². The molecule has 1 atom stereocenters. The van der Waals surface area contributed by atoms with Gasteiger partial charge in [0, 0.05) is 27.3 Å². The molecule has 230 valence electrons. The highest BCUT2D eigenvalue weighted by molar-refractivity contribution is 6.35. The molecule has 6 aromatic carbocycles. The largest absolute Gasteiger partial charge is 0.410 e. The number of carbonyl (C=O) groups is 1. The molecule has 0 fully saturated rings. The van der Waals surface area contributed by atoms with Gasteiger partial charge >= 0.3 is 0 Å². The molecule has 6 rings (SSSR count). The van der Waals surface area contributed by atoms with Crippen molar-refractivity contribution in [3.05, 3.63) is 212 Å². The number of carbonyl (C=O) groups excluding carboxylic acids is 1. The fraction of sp³-hybridized carbons (Fsp3) is 0.0256. The van der Waals surface area contributed by atoms with Gasteiger partial charge in [0.05, 0.1) is 16.1 Å². The average molecular weight is 666 g/mol. The van der Waals surface area contributed by atoms with Crippen molar-refractivity contribution in [3.8, 4) is 0 Å². The molecule has 6 aromatic rings. The third kappa shape index (κ3) is 9.40. The Morgan fingerprint density at radius 3 is 1.43 bits per heavy atom. The van der Waals surface area contributed by atoms with Crippen LogP contribution in [0.1, 0.15) is 44.2 Å². The monoisotopic (exact) mass is 664 g/mol. The molecule has 0 radical (unpaired) electrons. The maximum Gasteiger partial charge on any atom is 0.194 e. The predicted octanol–water partition coefficient (Wildman–Crippen LogP) is 10.5. The van der Waals surface area contributed by atoms with Crippen molar-refractivity contribution in [2.75, 3.05) is 0 Å². The molecule has 0 aromatic heterocycles. The molecule has 0 saturated heterocycles. The summed E-state index contributed by atoms with van der Waals surface area (Å²) in [6, 6.07) is 50.4. The summed E-state index contributed by atoms with van der Waals surface area (Å²) in [5.74, 6) is -0.0406. The van der Waals surface area contributed by atoms with Crippen molar-refractivity contribution < 1.29 is 10.0 Å². The van der Waals surface area contributed by atoms with E-state index in [1.54, 1.807) is 30.3 Å². The first-order chi connectivity index (χ1) is 22.4. The molecule has 7 heteroatoms. The molecule has 0 aliphatic rings. The van der Waals surface area contributed by atoms with E-state index in [-0.39, 0.29) is 11.8 Å².